The summed E-state index contributed by atoms with van der Waals surface area (Å²) in [7, 11) is -2.87. The van der Waals surface area contributed by atoms with Crippen LogP contribution in [-0.2, 0) is 37.1 Å². The van der Waals surface area contributed by atoms with Crippen molar-refractivity contribution >= 4 is 27.8 Å². The zero-order valence-electron chi connectivity index (χ0n) is 24.6. The topological polar surface area (TPSA) is 90.0 Å². The average Bonchev–Trinajstić information content (AvgIpc) is 2.92. The van der Waals surface area contributed by atoms with Crippen LogP contribution < -0.4 is 4.31 Å². The minimum atomic E-state index is -4.27. The first-order valence-corrected chi connectivity index (χ1v) is 15.4. The predicted molar refractivity (Wildman–Crippen MR) is 161 cm³/mol. The fraction of sp³-hybridized carbons (Fsp3) is 0.394. The van der Waals surface area contributed by atoms with E-state index in [0.717, 1.165) is 34.7 Å². The highest BCUT2D eigenvalue weighted by Crippen LogP contribution is 2.28. The summed E-state index contributed by atoms with van der Waals surface area (Å²) in [4.78, 5) is 25.6. The van der Waals surface area contributed by atoms with Gasteiger partial charge in [0.25, 0.3) is 10.0 Å². The molecule has 0 aliphatic heterocycles. The van der Waals surface area contributed by atoms with E-state index in [4.69, 9.17) is 9.47 Å². The molecule has 1 amide bonds. The molecule has 220 valence electrons. The molecule has 0 saturated heterocycles. The van der Waals surface area contributed by atoms with E-state index in [9.17, 15) is 18.0 Å². The molecule has 0 saturated carbocycles. The Morgan fingerprint density at radius 3 is 2.00 bits per heavy atom. The van der Waals surface area contributed by atoms with E-state index in [1.807, 2.05) is 31.2 Å². The maximum absolute atomic E-state index is 13.8. The highest BCUT2D eigenvalue weighted by molar-refractivity contribution is 7.93. The molecule has 3 aromatic carbocycles. The normalized spacial score (nSPS) is 12.4. The summed E-state index contributed by atoms with van der Waals surface area (Å²) in [5.74, 6) is -0.444. The van der Waals surface area contributed by atoms with E-state index < -0.39 is 21.7 Å². The number of nitrogens with zero attached hydrogens (tertiary/aromatic N) is 1. The lowest BCUT2D eigenvalue weighted by Gasteiger charge is -2.27. The van der Waals surface area contributed by atoms with Crippen molar-refractivity contribution in [2.45, 2.75) is 76.7 Å². The van der Waals surface area contributed by atoms with Crippen LogP contribution >= 0.6 is 0 Å². The molecule has 7 nitrogen and oxygen atoms in total. The van der Waals surface area contributed by atoms with Crippen molar-refractivity contribution in [3.8, 4) is 0 Å². The number of benzene rings is 3. The van der Waals surface area contributed by atoms with Gasteiger partial charge in [-0.3, -0.25) is 4.79 Å². The van der Waals surface area contributed by atoms with E-state index in [-0.39, 0.29) is 22.5 Å². The second-order valence-electron chi connectivity index (χ2n) is 11.2. The molecule has 1 unspecified atom stereocenters. The third kappa shape index (κ3) is 9.46. The number of sulfonamides is 1. The summed E-state index contributed by atoms with van der Waals surface area (Å²) >= 11 is 0. The van der Waals surface area contributed by atoms with Crippen molar-refractivity contribution in [3.05, 3.63) is 95.6 Å². The van der Waals surface area contributed by atoms with Crippen molar-refractivity contribution in [2.75, 3.05) is 11.4 Å². The lowest BCUT2D eigenvalue weighted by atomic mass is 9.93. The van der Waals surface area contributed by atoms with Crippen LogP contribution in [0.4, 0.5) is 10.5 Å². The maximum atomic E-state index is 13.8. The van der Waals surface area contributed by atoms with E-state index in [1.165, 1.54) is 18.7 Å². The van der Waals surface area contributed by atoms with Gasteiger partial charge in [0.2, 0.25) is 0 Å². The molecule has 0 radical (unpaired) electrons. The van der Waals surface area contributed by atoms with Gasteiger partial charge in [0.15, 0.2) is 0 Å². The molecular weight excluding hydrogens is 538 g/mol. The first-order valence-electron chi connectivity index (χ1n) is 14.0. The molecule has 0 aliphatic carbocycles. The number of hydrogen-bond donors (Lipinski definition) is 0. The monoisotopic (exact) mass is 579 g/mol. The van der Waals surface area contributed by atoms with E-state index in [2.05, 4.69) is 12.1 Å². The minimum absolute atomic E-state index is 0.00573. The van der Waals surface area contributed by atoms with E-state index >= 15 is 0 Å². The molecule has 1 atom stereocenters. The quantitative estimate of drug-likeness (QED) is 0.210. The Morgan fingerprint density at radius 1 is 0.829 bits per heavy atom. The molecule has 0 heterocycles. The van der Waals surface area contributed by atoms with Crippen LogP contribution in [0.2, 0.25) is 0 Å². The zero-order chi connectivity index (χ0) is 30.0. The van der Waals surface area contributed by atoms with Gasteiger partial charge in [-0.25, -0.2) is 13.2 Å². The number of esters is 1. The van der Waals surface area contributed by atoms with Crippen LogP contribution in [0.25, 0.3) is 0 Å². The summed E-state index contributed by atoms with van der Waals surface area (Å²) in [5.41, 5.74) is 2.29. The number of carbonyl (C=O) groups is 2. The van der Waals surface area contributed by atoms with Crippen molar-refractivity contribution in [1.29, 1.82) is 0 Å². The van der Waals surface area contributed by atoms with Gasteiger partial charge in [-0.05, 0) is 102 Å². The number of amides is 1. The standard InChI is InChI=1S/C33H41NO6S/c1-25-20-22-29(23-21-25)34(32(36)40-33(2,3)4)41(37,38)30-19-11-16-27(24-30)15-10-18-28(31(35)39-5)17-9-14-26-12-7-6-8-13-26/h6-8,11-13,16,19-24,28H,9-10,14-15,17-18H2,1-5H3. The zero-order valence-corrected chi connectivity index (χ0v) is 25.4. The Morgan fingerprint density at radius 2 is 1.41 bits per heavy atom. The third-order valence-electron chi connectivity index (χ3n) is 6.68. The van der Waals surface area contributed by atoms with Gasteiger partial charge >= 0.3 is 12.1 Å². The lowest BCUT2D eigenvalue weighted by Crippen LogP contribution is -2.41. The van der Waals surface area contributed by atoms with Gasteiger partial charge in [0, 0.05) is 0 Å². The molecule has 0 spiro atoms. The fourth-order valence-corrected chi connectivity index (χ4v) is 5.98. The van der Waals surface area contributed by atoms with Crippen LogP contribution in [-0.4, -0.2) is 33.2 Å². The number of carbonyl (C=O) groups excluding carboxylic acids is 2. The lowest BCUT2D eigenvalue weighted by molar-refractivity contribution is -0.146. The van der Waals surface area contributed by atoms with Gasteiger partial charge in [-0.2, -0.15) is 4.31 Å². The summed E-state index contributed by atoms with van der Waals surface area (Å²) in [6.45, 7) is 6.95. The predicted octanol–water partition coefficient (Wildman–Crippen LogP) is 7.26. The SMILES string of the molecule is COC(=O)C(CCCc1ccccc1)CCCc1cccc(S(=O)(=O)N(C(=O)OC(C)(C)C)c2ccc(C)cc2)c1. The van der Waals surface area contributed by atoms with Crippen LogP contribution in [0, 0.1) is 12.8 Å². The minimum Gasteiger partial charge on any atom is -0.469 e. The molecular formula is C33H41NO6S. The van der Waals surface area contributed by atoms with E-state index in [0.29, 0.717) is 19.3 Å². The second-order valence-corrected chi connectivity index (χ2v) is 13.0. The number of hydrogen-bond acceptors (Lipinski definition) is 6. The summed E-state index contributed by atoms with van der Waals surface area (Å²) in [6.07, 6.45) is 3.40. The van der Waals surface area contributed by atoms with Crippen LogP contribution in [0.3, 0.4) is 0 Å². The van der Waals surface area contributed by atoms with Gasteiger partial charge in [0.05, 0.1) is 23.6 Å². The highest BCUT2D eigenvalue weighted by atomic mass is 32.2. The van der Waals surface area contributed by atoms with Gasteiger partial charge < -0.3 is 9.47 Å². The number of methoxy groups -OCH3 is 1. The molecule has 41 heavy (non-hydrogen) atoms. The van der Waals surface area contributed by atoms with Gasteiger partial charge in [-0.15, -0.1) is 0 Å². The van der Waals surface area contributed by atoms with Crippen molar-refractivity contribution in [1.82, 2.24) is 0 Å². The molecule has 0 N–H and O–H groups in total. The van der Waals surface area contributed by atoms with Crippen molar-refractivity contribution in [2.24, 2.45) is 5.92 Å². The third-order valence-corrected chi connectivity index (χ3v) is 8.37. The van der Waals surface area contributed by atoms with Gasteiger partial charge in [-0.1, -0.05) is 60.2 Å². The molecule has 0 aromatic heterocycles. The second kappa shape index (κ2) is 14.3. The largest absolute Gasteiger partial charge is 0.469 e. The Labute approximate surface area is 244 Å². The Hall–Kier alpha value is -3.65. The average molecular weight is 580 g/mol. The number of aryl methyl sites for hydroxylation is 3. The number of anilines is 1. The number of rotatable bonds is 12. The first kappa shape index (κ1) is 31.9. The maximum Gasteiger partial charge on any atom is 0.429 e. The van der Waals surface area contributed by atoms with Gasteiger partial charge in [0.1, 0.15) is 5.60 Å². The van der Waals surface area contributed by atoms with Crippen molar-refractivity contribution in [3.63, 3.8) is 0 Å². The van der Waals surface area contributed by atoms with Crippen LogP contribution in [0.15, 0.2) is 83.8 Å². The molecule has 0 aliphatic rings. The van der Waals surface area contributed by atoms with Crippen LogP contribution in [0.5, 0.6) is 0 Å². The first-order chi connectivity index (χ1) is 19.4. The van der Waals surface area contributed by atoms with Crippen molar-refractivity contribution < 1.29 is 27.5 Å². The molecule has 0 bridgehead atoms. The Kier molecular flexibility index (Phi) is 11.1. The Bertz CT molecular complexity index is 1400. The summed E-state index contributed by atoms with van der Waals surface area (Å²) < 4.78 is 38.9. The number of ether oxygens (including phenoxy) is 2. The van der Waals surface area contributed by atoms with E-state index in [1.54, 1.807) is 57.2 Å². The highest BCUT2D eigenvalue weighted by Gasteiger charge is 2.34. The smallest absolute Gasteiger partial charge is 0.429 e. The summed E-state index contributed by atoms with van der Waals surface area (Å²) in [5, 5.41) is 0. The fourth-order valence-electron chi connectivity index (χ4n) is 4.59. The Balaban J connectivity index is 1.73. The molecule has 3 aromatic rings. The summed E-state index contributed by atoms with van der Waals surface area (Å²) in [6, 6.07) is 23.4. The molecule has 0 fully saturated rings. The molecule has 8 heteroatoms. The molecule has 3 rings (SSSR count). The van der Waals surface area contributed by atoms with Crippen LogP contribution in [0.1, 0.15) is 63.1 Å².